The molecule has 2 aliphatic heterocycles. The van der Waals surface area contributed by atoms with Crippen molar-refractivity contribution in [1.82, 2.24) is 10.2 Å². The Morgan fingerprint density at radius 2 is 1.86 bits per heavy atom. The van der Waals surface area contributed by atoms with Crippen LogP contribution < -0.4 is 10.6 Å². The number of hydrogen-bond acceptors (Lipinski definition) is 6. The second kappa shape index (κ2) is 8.13. The van der Waals surface area contributed by atoms with E-state index in [1.54, 1.807) is 6.92 Å². The third-order valence-electron chi connectivity index (χ3n) is 5.39. The van der Waals surface area contributed by atoms with Crippen LogP contribution in [0.2, 0.25) is 0 Å². The SMILES string of the molecule is CCOC(=O)c1c(NC(=O)CN2CCCCC2)sc2c1CC(C)(C)NC2(C)C. The third kappa shape index (κ3) is 4.58. The molecule has 0 bridgehead atoms. The number of carbonyl (C=O) groups is 2. The number of fused-ring (bicyclic) bond motifs is 1. The van der Waals surface area contributed by atoms with E-state index < -0.39 is 0 Å². The molecule has 0 radical (unpaired) electrons. The molecule has 2 aliphatic rings. The van der Waals surface area contributed by atoms with Crippen LogP contribution in [0.5, 0.6) is 0 Å². The van der Waals surface area contributed by atoms with Gasteiger partial charge in [-0.3, -0.25) is 9.69 Å². The van der Waals surface area contributed by atoms with Crippen molar-refractivity contribution in [1.29, 1.82) is 0 Å². The van der Waals surface area contributed by atoms with Gasteiger partial charge in [0.05, 0.1) is 18.7 Å². The van der Waals surface area contributed by atoms with Crippen molar-refractivity contribution in [2.45, 2.75) is 71.4 Å². The minimum atomic E-state index is -0.346. The van der Waals surface area contributed by atoms with Gasteiger partial charge in [-0.15, -0.1) is 11.3 Å². The highest BCUT2D eigenvalue weighted by molar-refractivity contribution is 7.17. The van der Waals surface area contributed by atoms with Gasteiger partial charge in [0.2, 0.25) is 5.91 Å². The van der Waals surface area contributed by atoms with Crippen LogP contribution >= 0.6 is 11.3 Å². The summed E-state index contributed by atoms with van der Waals surface area (Å²) >= 11 is 1.50. The van der Waals surface area contributed by atoms with Crippen molar-refractivity contribution in [2.75, 3.05) is 31.6 Å². The van der Waals surface area contributed by atoms with Crippen LogP contribution in [-0.2, 0) is 21.5 Å². The monoisotopic (exact) mass is 407 g/mol. The van der Waals surface area contributed by atoms with E-state index in [4.69, 9.17) is 4.74 Å². The van der Waals surface area contributed by atoms with E-state index in [0.29, 0.717) is 23.7 Å². The Morgan fingerprint density at radius 3 is 2.50 bits per heavy atom. The van der Waals surface area contributed by atoms with Gasteiger partial charge in [-0.2, -0.15) is 0 Å². The molecule has 0 aromatic carbocycles. The highest BCUT2D eigenvalue weighted by Gasteiger charge is 2.42. The molecule has 0 atom stereocenters. The number of piperidine rings is 1. The van der Waals surface area contributed by atoms with Gasteiger partial charge in [0.1, 0.15) is 5.00 Å². The Morgan fingerprint density at radius 1 is 1.18 bits per heavy atom. The molecular formula is C21H33N3O3S. The first-order valence-corrected chi connectivity index (χ1v) is 11.1. The van der Waals surface area contributed by atoms with Gasteiger partial charge in [0.15, 0.2) is 0 Å². The molecule has 3 rings (SSSR count). The first-order chi connectivity index (χ1) is 13.1. The summed E-state index contributed by atoms with van der Waals surface area (Å²) in [6.07, 6.45) is 4.24. The lowest BCUT2D eigenvalue weighted by Crippen LogP contribution is -2.55. The van der Waals surface area contributed by atoms with Crippen LogP contribution in [0.1, 0.15) is 74.7 Å². The van der Waals surface area contributed by atoms with Gasteiger partial charge in [0.25, 0.3) is 0 Å². The van der Waals surface area contributed by atoms with Gasteiger partial charge in [-0.05, 0) is 72.5 Å². The van der Waals surface area contributed by atoms with Gasteiger partial charge >= 0.3 is 5.97 Å². The summed E-state index contributed by atoms with van der Waals surface area (Å²) in [7, 11) is 0. The van der Waals surface area contributed by atoms with Crippen molar-refractivity contribution >= 4 is 28.2 Å². The Hall–Kier alpha value is -1.44. The highest BCUT2D eigenvalue weighted by Crippen LogP contribution is 2.45. The number of rotatable bonds is 5. The van der Waals surface area contributed by atoms with Crippen LogP contribution in [0.4, 0.5) is 5.00 Å². The quantitative estimate of drug-likeness (QED) is 0.731. The van der Waals surface area contributed by atoms with Crippen LogP contribution in [0.3, 0.4) is 0 Å². The number of likely N-dealkylation sites (tertiary alicyclic amines) is 1. The molecule has 2 N–H and O–H groups in total. The molecular weight excluding hydrogens is 374 g/mol. The molecule has 1 fully saturated rings. The Labute approximate surface area is 172 Å². The van der Waals surface area contributed by atoms with Gasteiger partial charge < -0.3 is 15.4 Å². The van der Waals surface area contributed by atoms with Crippen molar-refractivity contribution in [3.63, 3.8) is 0 Å². The maximum Gasteiger partial charge on any atom is 0.341 e. The summed E-state index contributed by atoms with van der Waals surface area (Å²) in [6.45, 7) is 12.9. The van der Waals surface area contributed by atoms with E-state index in [1.165, 1.54) is 17.8 Å². The summed E-state index contributed by atoms with van der Waals surface area (Å²) in [5.74, 6) is -0.405. The van der Waals surface area contributed by atoms with Crippen LogP contribution in [-0.4, -0.2) is 48.6 Å². The Kier molecular flexibility index (Phi) is 6.17. The summed E-state index contributed by atoms with van der Waals surface area (Å²) in [4.78, 5) is 28.8. The first kappa shape index (κ1) is 21.3. The highest BCUT2D eigenvalue weighted by atomic mass is 32.1. The molecule has 1 saturated heterocycles. The molecule has 1 aromatic rings. The molecule has 1 aromatic heterocycles. The normalized spacial score (nSPS) is 21.0. The summed E-state index contributed by atoms with van der Waals surface area (Å²) in [6, 6.07) is 0. The van der Waals surface area contributed by atoms with Crippen molar-refractivity contribution in [3.05, 3.63) is 16.0 Å². The number of carbonyl (C=O) groups excluding carboxylic acids is 2. The second-order valence-corrected chi connectivity index (χ2v) is 10.1. The topological polar surface area (TPSA) is 70.7 Å². The fraction of sp³-hybridized carbons (Fsp3) is 0.714. The number of esters is 1. The molecule has 0 unspecified atom stereocenters. The lowest BCUT2D eigenvalue weighted by atomic mass is 9.81. The van der Waals surface area contributed by atoms with Gasteiger partial charge in [0, 0.05) is 16.0 Å². The zero-order chi connectivity index (χ0) is 20.5. The van der Waals surface area contributed by atoms with E-state index in [-0.39, 0.29) is 23.0 Å². The lowest BCUT2D eigenvalue weighted by molar-refractivity contribution is -0.117. The number of ether oxygens (including phenoxy) is 1. The minimum absolute atomic E-state index is 0.0592. The molecule has 0 spiro atoms. The molecule has 7 heteroatoms. The molecule has 6 nitrogen and oxygen atoms in total. The van der Waals surface area contributed by atoms with E-state index in [1.807, 2.05) is 0 Å². The van der Waals surface area contributed by atoms with E-state index >= 15 is 0 Å². The third-order valence-corrected chi connectivity index (χ3v) is 6.86. The predicted molar refractivity (Wildman–Crippen MR) is 113 cm³/mol. The first-order valence-electron chi connectivity index (χ1n) is 10.3. The zero-order valence-electron chi connectivity index (χ0n) is 17.7. The second-order valence-electron chi connectivity index (χ2n) is 9.03. The largest absolute Gasteiger partial charge is 0.462 e. The fourth-order valence-electron chi connectivity index (χ4n) is 4.52. The van der Waals surface area contributed by atoms with Crippen molar-refractivity contribution in [2.24, 2.45) is 0 Å². The number of nitrogens with one attached hydrogen (secondary N) is 2. The standard InChI is InChI=1S/C21H33N3O3S/c1-6-27-19(26)16-14-12-20(2,3)23-21(4,5)17(14)28-18(16)22-15(25)13-24-10-8-7-9-11-24/h23H,6-13H2,1-5H3,(H,22,25). The molecule has 3 heterocycles. The average Bonchev–Trinajstić information content (AvgIpc) is 2.92. The molecule has 0 saturated carbocycles. The average molecular weight is 408 g/mol. The van der Waals surface area contributed by atoms with E-state index in [0.717, 1.165) is 42.8 Å². The number of nitrogens with zero attached hydrogens (tertiary/aromatic N) is 1. The lowest BCUT2D eigenvalue weighted by Gasteiger charge is -2.42. The maximum atomic E-state index is 12.8. The molecule has 28 heavy (non-hydrogen) atoms. The maximum absolute atomic E-state index is 12.8. The fourth-order valence-corrected chi connectivity index (χ4v) is 5.80. The smallest absolute Gasteiger partial charge is 0.341 e. The number of thiophene rings is 1. The van der Waals surface area contributed by atoms with Crippen LogP contribution in [0.25, 0.3) is 0 Å². The molecule has 0 aliphatic carbocycles. The molecule has 1 amide bonds. The summed E-state index contributed by atoms with van der Waals surface area (Å²) < 4.78 is 5.35. The Balaban J connectivity index is 1.91. The van der Waals surface area contributed by atoms with Crippen LogP contribution in [0, 0.1) is 0 Å². The van der Waals surface area contributed by atoms with Gasteiger partial charge in [-0.25, -0.2) is 4.79 Å². The van der Waals surface area contributed by atoms with Gasteiger partial charge in [-0.1, -0.05) is 6.42 Å². The summed E-state index contributed by atoms with van der Waals surface area (Å²) in [5.41, 5.74) is 1.12. The van der Waals surface area contributed by atoms with Crippen molar-refractivity contribution in [3.8, 4) is 0 Å². The number of anilines is 1. The van der Waals surface area contributed by atoms with E-state index in [9.17, 15) is 9.59 Å². The zero-order valence-corrected chi connectivity index (χ0v) is 18.6. The Bertz CT molecular complexity index is 748. The van der Waals surface area contributed by atoms with Crippen LogP contribution in [0.15, 0.2) is 0 Å². The molecule has 156 valence electrons. The number of amides is 1. The predicted octanol–water partition coefficient (Wildman–Crippen LogP) is 3.51. The van der Waals surface area contributed by atoms with E-state index in [2.05, 4.69) is 43.2 Å². The minimum Gasteiger partial charge on any atom is -0.462 e. The summed E-state index contributed by atoms with van der Waals surface area (Å²) in [5, 5.41) is 7.31. The van der Waals surface area contributed by atoms with Crippen molar-refractivity contribution < 1.29 is 14.3 Å². The number of hydrogen-bond donors (Lipinski definition) is 2.